The van der Waals surface area contributed by atoms with E-state index in [9.17, 15) is 27.3 Å². The predicted octanol–water partition coefficient (Wildman–Crippen LogP) is 2.61. The largest absolute Gasteiger partial charge is 0.437 e. The number of oxime groups is 1. The van der Waals surface area contributed by atoms with Crippen molar-refractivity contribution in [3.63, 3.8) is 0 Å². The van der Waals surface area contributed by atoms with Gasteiger partial charge < -0.3 is 13.8 Å². The number of benzene rings is 1. The third kappa shape index (κ3) is 4.25. The molecule has 0 saturated carbocycles. The van der Waals surface area contributed by atoms with Crippen LogP contribution in [0.15, 0.2) is 38.6 Å². The number of alkyl halides is 3. The van der Waals surface area contributed by atoms with Crippen LogP contribution in [0.25, 0.3) is 11.0 Å². The monoisotopic (exact) mass is 391 g/mol. The molecule has 1 heterocycles. The molecule has 2 aromatic rings. The van der Waals surface area contributed by atoms with Crippen molar-refractivity contribution in [1.29, 1.82) is 0 Å². The summed E-state index contributed by atoms with van der Waals surface area (Å²) in [6.07, 6.45) is -4.78. The minimum Gasteiger partial charge on any atom is -0.422 e. The minimum atomic E-state index is -5.12. The van der Waals surface area contributed by atoms with Crippen molar-refractivity contribution >= 4 is 32.4 Å². The van der Waals surface area contributed by atoms with Gasteiger partial charge in [-0.3, -0.25) is 0 Å². The minimum absolute atomic E-state index is 0.0136. The highest BCUT2D eigenvalue weighted by atomic mass is 32.2. The van der Waals surface area contributed by atoms with E-state index in [2.05, 4.69) is 15.3 Å². The fourth-order valence-corrected chi connectivity index (χ4v) is 3.22. The van der Waals surface area contributed by atoms with Gasteiger partial charge in [0.2, 0.25) is 0 Å². The molecule has 1 unspecified atom stereocenters. The normalized spacial score (nSPS) is 15.0. The second-order valence-corrected chi connectivity index (χ2v) is 7.40. The van der Waals surface area contributed by atoms with Crippen molar-refractivity contribution in [1.82, 2.24) is 0 Å². The van der Waals surface area contributed by atoms with Gasteiger partial charge in [0.25, 0.3) is 0 Å². The van der Waals surface area contributed by atoms with E-state index in [0.717, 1.165) is 0 Å². The molecule has 0 fully saturated rings. The Labute approximate surface area is 147 Å². The van der Waals surface area contributed by atoms with Crippen LogP contribution in [0.2, 0.25) is 0 Å². The molecule has 142 valence electrons. The van der Waals surface area contributed by atoms with Gasteiger partial charge in [0.15, 0.2) is 5.71 Å². The molecule has 1 aromatic heterocycles. The molecule has 0 radical (unpaired) electrons. The number of halogens is 3. The Morgan fingerprint density at radius 2 is 2.04 bits per heavy atom. The van der Waals surface area contributed by atoms with Gasteiger partial charge in [-0.25, -0.2) is 9.00 Å². The van der Waals surface area contributed by atoms with Gasteiger partial charge in [-0.1, -0.05) is 30.3 Å². The molecule has 1 atom stereocenters. The lowest BCUT2D eigenvalue weighted by Gasteiger charge is -2.14. The summed E-state index contributed by atoms with van der Waals surface area (Å²) in [5.74, 6) is 3.09. The topological polar surface area (TPSA) is 89.1 Å². The van der Waals surface area contributed by atoms with Crippen LogP contribution in [-0.4, -0.2) is 32.8 Å². The van der Waals surface area contributed by atoms with Gasteiger partial charge in [-0.05, 0) is 18.4 Å². The van der Waals surface area contributed by atoms with Gasteiger partial charge >= 0.3 is 11.8 Å². The number of nitrogens with zero attached hydrogens (tertiary/aromatic N) is 1. The Morgan fingerprint density at radius 3 is 2.62 bits per heavy atom. The summed E-state index contributed by atoms with van der Waals surface area (Å²) in [6, 6.07) is 5.81. The third-order valence-corrected chi connectivity index (χ3v) is 4.74. The van der Waals surface area contributed by atoms with Crippen LogP contribution < -0.4 is 5.63 Å². The van der Waals surface area contributed by atoms with E-state index in [1.54, 1.807) is 6.92 Å². The van der Waals surface area contributed by atoms with Gasteiger partial charge in [0.05, 0.1) is 12.4 Å². The lowest BCUT2D eigenvalue weighted by molar-refractivity contribution is -0.0598. The Bertz CT molecular complexity index is 993. The van der Waals surface area contributed by atoms with Crippen molar-refractivity contribution in [3.8, 4) is 0 Å². The molecular weight excluding hydrogens is 375 g/mol. The Kier molecular flexibility index (Phi) is 5.77. The van der Waals surface area contributed by atoms with Crippen LogP contribution in [0.3, 0.4) is 0 Å². The second-order valence-electron chi connectivity index (χ2n) is 5.36. The highest BCUT2D eigenvalue weighted by molar-refractivity contribution is 7.95. The van der Waals surface area contributed by atoms with E-state index in [1.165, 1.54) is 24.3 Å². The first-order valence-corrected chi connectivity index (χ1v) is 9.27. The SMILES string of the molecule is C=S(=O)(CCC)O/N=C(/c1c(CO)c2ccccc2oc1=O)C(F)(F)F. The van der Waals surface area contributed by atoms with E-state index in [0.29, 0.717) is 6.42 Å². The average Bonchev–Trinajstić information content (AvgIpc) is 2.53. The van der Waals surface area contributed by atoms with E-state index < -0.39 is 39.5 Å². The highest BCUT2D eigenvalue weighted by Crippen LogP contribution is 2.27. The number of rotatable bonds is 6. The number of hydrogen-bond donors (Lipinski definition) is 1. The Hall–Kier alpha value is -2.33. The van der Waals surface area contributed by atoms with Crippen LogP contribution in [0.1, 0.15) is 24.5 Å². The van der Waals surface area contributed by atoms with Gasteiger partial charge in [-0.2, -0.15) is 13.2 Å². The van der Waals surface area contributed by atoms with Crippen LogP contribution >= 0.6 is 0 Å². The van der Waals surface area contributed by atoms with Gasteiger partial charge in [0, 0.05) is 10.9 Å². The Balaban J connectivity index is 2.74. The molecule has 10 heteroatoms. The molecule has 26 heavy (non-hydrogen) atoms. The van der Waals surface area contributed by atoms with Crippen LogP contribution in [0.5, 0.6) is 0 Å². The summed E-state index contributed by atoms with van der Waals surface area (Å²) in [4.78, 5) is 12.2. The molecular formula is C16H16F3NO5S. The van der Waals surface area contributed by atoms with E-state index in [4.69, 9.17) is 4.42 Å². The van der Waals surface area contributed by atoms with Crippen LogP contribution in [0, 0.1) is 0 Å². The fourth-order valence-electron chi connectivity index (χ4n) is 2.31. The molecule has 0 bridgehead atoms. The van der Waals surface area contributed by atoms with Crippen molar-refractivity contribution < 1.29 is 31.2 Å². The van der Waals surface area contributed by atoms with Crippen LogP contribution in [0.4, 0.5) is 13.2 Å². The van der Waals surface area contributed by atoms with Crippen molar-refractivity contribution in [2.24, 2.45) is 5.16 Å². The molecule has 1 N–H and O–H groups in total. The summed E-state index contributed by atoms with van der Waals surface area (Å²) in [6.45, 7) is 0.773. The number of aliphatic hydroxyl groups is 1. The Morgan fingerprint density at radius 1 is 1.38 bits per heavy atom. The maximum absolute atomic E-state index is 13.5. The number of hydrogen-bond acceptors (Lipinski definition) is 6. The molecule has 0 aliphatic rings. The summed E-state index contributed by atoms with van der Waals surface area (Å²) < 4.78 is 61.8. The molecule has 0 amide bonds. The van der Waals surface area contributed by atoms with Gasteiger partial charge in [0.1, 0.15) is 20.9 Å². The van der Waals surface area contributed by atoms with Crippen LogP contribution in [-0.2, 0) is 20.7 Å². The lowest BCUT2D eigenvalue weighted by atomic mass is 10.0. The molecule has 2 rings (SSSR count). The first-order chi connectivity index (χ1) is 12.1. The van der Waals surface area contributed by atoms with Crippen molar-refractivity contribution in [2.75, 3.05) is 5.75 Å². The first kappa shape index (κ1) is 20.0. The standard InChI is InChI=1S/C16H16F3NO5S/c1-3-8-26(2,23)25-20-14(16(17,18)19)13-11(9-21)10-6-4-5-7-12(10)24-15(13)22/h4-7,21H,2-3,8-9H2,1H3/b20-14-. The maximum atomic E-state index is 13.5. The second kappa shape index (κ2) is 7.50. The fraction of sp³-hybridized carbons (Fsp3) is 0.312. The summed E-state index contributed by atoms with van der Waals surface area (Å²) >= 11 is 0. The summed E-state index contributed by atoms with van der Waals surface area (Å²) in [5.41, 5.74) is -4.39. The maximum Gasteiger partial charge on any atom is 0.437 e. The molecule has 0 aliphatic heterocycles. The quantitative estimate of drug-likeness (QED) is 0.354. The molecule has 0 spiro atoms. The van der Waals surface area contributed by atoms with E-state index in [-0.39, 0.29) is 22.3 Å². The smallest absolute Gasteiger partial charge is 0.422 e. The van der Waals surface area contributed by atoms with E-state index in [1.807, 2.05) is 0 Å². The summed E-state index contributed by atoms with van der Waals surface area (Å²) in [5, 5.41) is 12.6. The highest BCUT2D eigenvalue weighted by Gasteiger charge is 2.42. The van der Waals surface area contributed by atoms with Crippen molar-refractivity contribution in [2.45, 2.75) is 26.1 Å². The molecule has 6 nitrogen and oxygen atoms in total. The zero-order valence-corrected chi connectivity index (χ0v) is 14.5. The number of aliphatic hydroxyl groups excluding tert-OH is 1. The van der Waals surface area contributed by atoms with Crippen molar-refractivity contribution in [3.05, 3.63) is 45.8 Å². The zero-order chi connectivity index (χ0) is 19.5. The predicted molar refractivity (Wildman–Crippen MR) is 92.5 cm³/mol. The van der Waals surface area contributed by atoms with Gasteiger partial charge in [-0.15, -0.1) is 0 Å². The number of para-hydroxylation sites is 1. The zero-order valence-electron chi connectivity index (χ0n) is 13.7. The lowest BCUT2D eigenvalue weighted by Crippen LogP contribution is -2.31. The number of fused-ring (bicyclic) bond motifs is 1. The molecule has 0 saturated heterocycles. The third-order valence-electron chi connectivity index (χ3n) is 3.36. The first-order valence-electron chi connectivity index (χ1n) is 7.45. The average molecular weight is 391 g/mol. The molecule has 1 aromatic carbocycles. The molecule has 0 aliphatic carbocycles. The summed E-state index contributed by atoms with van der Waals surface area (Å²) in [7, 11) is -3.35. The van der Waals surface area contributed by atoms with E-state index >= 15 is 0 Å².